The molecule has 1 N–H and O–H groups in total. The topological polar surface area (TPSA) is 76.1 Å². The van der Waals surface area contributed by atoms with Crippen molar-refractivity contribution in [1.82, 2.24) is 4.90 Å². The Hall–Kier alpha value is -1.14. The lowest BCUT2D eigenvalue weighted by molar-refractivity contribution is -0.161. The summed E-state index contributed by atoms with van der Waals surface area (Å²) < 4.78 is 11.7. The van der Waals surface area contributed by atoms with Gasteiger partial charge in [-0.15, -0.1) is 0 Å². The molecular weight excluding hydrogens is 659 g/mol. The fourth-order valence-electron chi connectivity index (χ4n) is 7.32. The minimum Gasteiger partial charge on any atom is -0.466 e. The van der Waals surface area contributed by atoms with E-state index in [0.29, 0.717) is 13.0 Å². The predicted octanol–water partition coefficient (Wildman–Crippen LogP) is 13.7. The van der Waals surface area contributed by atoms with Crippen molar-refractivity contribution in [2.45, 2.75) is 253 Å². The quantitative estimate of drug-likeness (QED) is 0.0494. The van der Waals surface area contributed by atoms with Crippen LogP contribution in [0.1, 0.15) is 247 Å². The maximum Gasteiger partial charge on any atom is 0.311 e. The average molecular weight is 752 g/mol. The molecule has 0 atom stereocenters. The van der Waals surface area contributed by atoms with Crippen molar-refractivity contribution in [2.75, 3.05) is 32.8 Å². The maximum absolute atomic E-state index is 13.4. The first-order valence-corrected chi connectivity index (χ1v) is 23.5. The Kier molecular flexibility index (Phi) is 38.3. The van der Waals surface area contributed by atoms with Crippen molar-refractivity contribution >= 4 is 11.9 Å². The number of ether oxygens (including phenoxy) is 2. The highest BCUT2D eigenvalue weighted by molar-refractivity contribution is 5.76. The molecule has 0 fully saturated rings. The van der Waals surface area contributed by atoms with Gasteiger partial charge in [-0.2, -0.15) is 0 Å². The van der Waals surface area contributed by atoms with Crippen molar-refractivity contribution in [3.05, 3.63) is 0 Å². The maximum atomic E-state index is 13.4. The minimum absolute atomic E-state index is 0.00876. The number of carbonyl (C=O) groups excluding carboxylic acids is 2. The molecular formula is C47H93NO5. The van der Waals surface area contributed by atoms with Gasteiger partial charge >= 0.3 is 11.9 Å². The standard InChI is InChI=1S/C47H93NO5/c1-6-9-12-15-18-22-29-37-45(50)52-43-33-26-19-24-31-39-48(41-34-42-49)40-32-25-23-30-38-47(4,5)46(51)53-44(35-27-20-16-13-10-7-2)36-28-21-17-14-11-8-3/h44,49H,6-43H2,1-5H3. The van der Waals surface area contributed by atoms with Crippen LogP contribution < -0.4 is 0 Å². The first-order valence-electron chi connectivity index (χ1n) is 23.5. The van der Waals surface area contributed by atoms with Crippen LogP contribution in [0.4, 0.5) is 0 Å². The fourth-order valence-corrected chi connectivity index (χ4v) is 7.32. The van der Waals surface area contributed by atoms with Gasteiger partial charge in [-0.1, -0.05) is 162 Å². The first-order chi connectivity index (χ1) is 25.8. The van der Waals surface area contributed by atoms with E-state index in [2.05, 4.69) is 39.5 Å². The lowest BCUT2D eigenvalue weighted by Gasteiger charge is -2.27. The molecule has 0 aliphatic heterocycles. The Balaban J connectivity index is 4.25. The van der Waals surface area contributed by atoms with Gasteiger partial charge in [-0.3, -0.25) is 9.59 Å². The van der Waals surface area contributed by atoms with Crippen LogP contribution in [-0.2, 0) is 19.1 Å². The molecule has 0 radical (unpaired) electrons. The van der Waals surface area contributed by atoms with Crippen molar-refractivity contribution in [3.8, 4) is 0 Å². The van der Waals surface area contributed by atoms with E-state index in [0.717, 1.165) is 83.8 Å². The van der Waals surface area contributed by atoms with Crippen LogP contribution in [0.5, 0.6) is 0 Å². The van der Waals surface area contributed by atoms with Gasteiger partial charge in [0.05, 0.1) is 12.0 Å². The number of esters is 2. The van der Waals surface area contributed by atoms with Gasteiger partial charge in [0, 0.05) is 19.6 Å². The number of hydrogen-bond acceptors (Lipinski definition) is 6. The van der Waals surface area contributed by atoms with Crippen molar-refractivity contribution in [1.29, 1.82) is 0 Å². The Bertz CT molecular complexity index is 771. The summed E-state index contributed by atoms with van der Waals surface area (Å²) in [6, 6.07) is 0. The van der Waals surface area contributed by atoms with Gasteiger partial charge in [0.1, 0.15) is 6.10 Å². The Morgan fingerprint density at radius 2 is 0.943 bits per heavy atom. The molecule has 0 amide bonds. The van der Waals surface area contributed by atoms with E-state index in [9.17, 15) is 14.7 Å². The summed E-state index contributed by atoms with van der Waals surface area (Å²) in [5.41, 5.74) is -0.428. The second-order valence-corrected chi connectivity index (χ2v) is 17.0. The molecule has 0 aromatic rings. The number of rotatable bonds is 42. The van der Waals surface area contributed by atoms with Crippen LogP contribution in [0, 0.1) is 5.41 Å². The van der Waals surface area contributed by atoms with Crippen LogP contribution in [-0.4, -0.2) is 60.9 Å². The molecule has 0 aromatic heterocycles. The molecule has 0 spiro atoms. The average Bonchev–Trinajstić information content (AvgIpc) is 3.14. The zero-order valence-corrected chi connectivity index (χ0v) is 36.5. The molecule has 6 nitrogen and oxygen atoms in total. The number of aliphatic hydroxyl groups is 1. The Labute approximate surface area is 331 Å². The number of nitrogens with zero attached hydrogens (tertiary/aromatic N) is 1. The molecule has 0 heterocycles. The SMILES string of the molecule is CCCCCCCCCC(=O)OCCCCCCCN(CCCO)CCCCCCC(C)(C)C(=O)OC(CCCCCCCC)CCCCCCCC. The number of hydrogen-bond donors (Lipinski definition) is 1. The summed E-state index contributed by atoms with van der Waals surface area (Å²) in [7, 11) is 0. The number of aliphatic hydroxyl groups excluding tert-OH is 1. The molecule has 0 rings (SSSR count). The summed E-state index contributed by atoms with van der Waals surface area (Å²) in [5, 5.41) is 9.43. The van der Waals surface area contributed by atoms with E-state index in [1.807, 2.05) is 0 Å². The van der Waals surface area contributed by atoms with Gasteiger partial charge in [-0.25, -0.2) is 0 Å². The highest BCUT2D eigenvalue weighted by Gasteiger charge is 2.30. The highest BCUT2D eigenvalue weighted by Crippen LogP contribution is 2.28. The fraction of sp³-hybridized carbons (Fsp3) is 0.957. The third-order valence-corrected chi connectivity index (χ3v) is 11.1. The van der Waals surface area contributed by atoms with E-state index in [1.54, 1.807) is 0 Å². The summed E-state index contributed by atoms with van der Waals surface area (Å²) >= 11 is 0. The van der Waals surface area contributed by atoms with Crippen molar-refractivity contribution < 1.29 is 24.2 Å². The molecule has 0 aromatic carbocycles. The van der Waals surface area contributed by atoms with Gasteiger partial charge < -0.3 is 19.5 Å². The van der Waals surface area contributed by atoms with E-state index >= 15 is 0 Å². The number of carbonyl (C=O) groups is 2. The van der Waals surface area contributed by atoms with Crippen molar-refractivity contribution in [3.63, 3.8) is 0 Å². The molecule has 0 unspecified atom stereocenters. The van der Waals surface area contributed by atoms with Gasteiger partial charge in [0.25, 0.3) is 0 Å². The predicted molar refractivity (Wildman–Crippen MR) is 228 cm³/mol. The van der Waals surface area contributed by atoms with Gasteiger partial charge in [0.15, 0.2) is 0 Å². The summed E-state index contributed by atoms with van der Waals surface area (Å²) in [5.74, 6) is -0.0138. The molecule has 316 valence electrons. The van der Waals surface area contributed by atoms with Gasteiger partial charge in [0.2, 0.25) is 0 Å². The molecule has 6 heteroatoms. The normalized spacial score (nSPS) is 11.9. The van der Waals surface area contributed by atoms with E-state index in [-0.39, 0.29) is 24.6 Å². The van der Waals surface area contributed by atoms with Crippen LogP contribution >= 0.6 is 0 Å². The Morgan fingerprint density at radius 3 is 1.45 bits per heavy atom. The Morgan fingerprint density at radius 1 is 0.528 bits per heavy atom. The molecule has 53 heavy (non-hydrogen) atoms. The lowest BCUT2D eigenvalue weighted by atomic mass is 9.86. The first kappa shape index (κ1) is 51.9. The largest absolute Gasteiger partial charge is 0.466 e. The van der Waals surface area contributed by atoms with Gasteiger partial charge in [-0.05, 0) is 91.1 Å². The monoisotopic (exact) mass is 752 g/mol. The molecule has 0 bridgehead atoms. The highest BCUT2D eigenvalue weighted by atomic mass is 16.5. The molecule has 0 aliphatic carbocycles. The molecule has 0 aliphatic rings. The summed E-state index contributed by atoms with van der Waals surface area (Å²) in [6.45, 7) is 14.9. The lowest BCUT2D eigenvalue weighted by Crippen LogP contribution is -2.31. The summed E-state index contributed by atoms with van der Waals surface area (Å²) in [4.78, 5) is 27.9. The smallest absolute Gasteiger partial charge is 0.311 e. The van der Waals surface area contributed by atoms with Crippen LogP contribution in [0.2, 0.25) is 0 Å². The summed E-state index contributed by atoms with van der Waals surface area (Å²) in [6.07, 6.45) is 38.5. The third-order valence-electron chi connectivity index (χ3n) is 11.1. The zero-order chi connectivity index (χ0) is 39.1. The third kappa shape index (κ3) is 35.0. The van der Waals surface area contributed by atoms with Crippen molar-refractivity contribution in [2.24, 2.45) is 5.41 Å². The minimum atomic E-state index is -0.428. The van der Waals surface area contributed by atoms with E-state index < -0.39 is 5.41 Å². The second-order valence-electron chi connectivity index (χ2n) is 17.0. The molecule has 0 saturated carbocycles. The van der Waals surface area contributed by atoms with Crippen LogP contribution in [0.15, 0.2) is 0 Å². The van der Waals surface area contributed by atoms with Crippen LogP contribution in [0.25, 0.3) is 0 Å². The van der Waals surface area contributed by atoms with E-state index in [1.165, 1.54) is 141 Å². The second kappa shape index (κ2) is 39.1. The zero-order valence-electron chi connectivity index (χ0n) is 36.5. The van der Waals surface area contributed by atoms with E-state index in [4.69, 9.17) is 9.47 Å². The molecule has 0 saturated heterocycles. The van der Waals surface area contributed by atoms with Crippen LogP contribution in [0.3, 0.4) is 0 Å². The number of unbranched alkanes of at least 4 members (excludes halogenated alkanes) is 23.